The highest BCUT2D eigenvalue weighted by atomic mass is 16.4. The number of aromatic nitrogens is 3. The van der Waals surface area contributed by atoms with Gasteiger partial charge in [0.15, 0.2) is 0 Å². The van der Waals surface area contributed by atoms with E-state index in [1.54, 1.807) is 22.9 Å². The first-order chi connectivity index (χ1) is 9.15. The number of fused-ring (bicyclic) bond motifs is 1. The first-order valence-electron chi connectivity index (χ1n) is 6.11. The summed E-state index contributed by atoms with van der Waals surface area (Å²) in [6, 6.07) is 6.77. The molecule has 0 radical (unpaired) electrons. The van der Waals surface area contributed by atoms with E-state index in [1.165, 1.54) is 0 Å². The number of carbonyl (C=O) groups is 1. The third-order valence-electron chi connectivity index (χ3n) is 3.44. The van der Waals surface area contributed by atoms with Gasteiger partial charge in [-0.1, -0.05) is 11.3 Å². The SMILES string of the molecule is O=C(O)C1CCc2c(nnn2-c2cccc(O)c2)C1. The van der Waals surface area contributed by atoms with Crippen molar-refractivity contribution in [2.75, 3.05) is 0 Å². The van der Waals surface area contributed by atoms with Crippen LogP contribution in [-0.4, -0.2) is 31.2 Å². The number of rotatable bonds is 2. The summed E-state index contributed by atoms with van der Waals surface area (Å²) in [7, 11) is 0. The summed E-state index contributed by atoms with van der Waals surface area (Å²) in [6.07, 6.45) is 1.65. The first kappa shape index (κ1) is 11.7. The average Bonchev–Trinajstić information content (AvgIpc) is 2.81. The fraction of sp³-hybridized carbons (Fsp3) is 0.308. The Morgan fingerprint density at radius 1 is 1.42 bits per heavy atom. The van der Waals surface area contributed by atoms with Gasteiger partial charge in [0.2, 0.25) is 0 Å². The van der Waals surface area contributed by atoms with Gasteiger partial charge in [-0.3, -0.25) is 4.79 Å². The number of carboxylic acids is 1. The van der Waals surface area contributed by atoms with Crippen molar-refractivity contribution in [3.8, 4) is 11.4 Å². The van der Waals surface area contributed by atoms with Gasteiger partial charge in [0.05, 0.1) is 23.0 Å². The Morgan fingerprint density at radius 2 is 2.26 bits per heavy atom. The molecule has 3 rings (SSSR count). The van der Waals surface area contributed by atoms with E-state index < -0.39 is 5.97 Å². The lowest BCUT2D eigenvalue weighted by molar-refractivity contribution is -0.142. The highest BCUT2D eigenvalue weighted by molar-refractivity contribution is 5.70. The second kappa shape index (κ2) is 4.38. The number of nitrogens with zero attached hydrogens (tertiary/aromatic N) is 3. The largest absolute Gasteiger partial charge is 0.508 e. The number of phenols is 1. The zero-order valence-corrected chi connectivity index (χ0v) is 10.2. The minimum Gasteiger partial charge on any atom is -0.508 e. The van der Waals surface area contributed by atoms with E-state index in [0.29, 0.717) is 19.3 Å². The molecule has 6 heteroatoms. The highest BCUT2D eigenvalue weighted by Gasteiger charge is 2.28. The molecule has 1 aromatic carbocycles. The van der Waals surface area contributed by atoms with E-state index in [0.717, 1.165) is 17.1 Å². The van der Waals surface area contributed by atoms with Crippen LogP contribution in [0.3, 0.4) is 0 Å². The molecule has 19 heavy (non-hydrogen) atoms. The monoisotopic (exact) mass is 259 g/mol. The Morgan fingerprint density at radius 3 is 3.00 bits per heavy atom. The lowest BCUT2D eigenvalue weighted by Gasteiger charge is -2.18. The van der Waals surface area contributed by atoms with E-state index in [2.05, 4.69) is 10.3 Å². The van der Waals surface area contributed by atoms with Gasteiger partial charge in [-0.05, 0) is 25.0 Å². The van der Waals surface area contributed by atoms with E-state index >= 15 is 0 Å². The van der Waals surface area contributed by atoms with Crippen molar-refractivity contribution in [1.29, 1.82) is 0 Å². The fourth-order valence-electron chi connectivity index (χ4n) is 2.43. The normalized spacial score (nSPS) is 18.0. The summed E-state index contributed by atoms with van der Waals surface area (Å²) in [4.78, 5) is 11.0. The van der Waals surface area contributed by atoms with Crippen molar-refractivity contribution in [2.24, 2.45) is 5.92 Å². The van der Waals surface area contributed by atoms with E-state index in [1.807, 2.05) is 6.07 Å². The summed E-state index contributed by atoms with van der Waals surface area (Å²) in [5.41, 5.74) is 2.41. The molecule has 98 valence electrons. The van der Waals surface area contributed by atoms with Gasteiger partial charge in [-0.2, -0.15) is 0 Å². The molecule has 0 amide bonds. The zero-order chi connectivity index (χ0) is 13.4. The topological polar surface area (TPSA) is 88.2 Å². The van der Waals surface area contributed by atoms with Crippen LogP contribution in [-0.2, 0) is 17.6 Å². The maximum Gasteiger partial charge on any atom is 0.306 e. The second-order valence-electron chi connectivity index (χ2n) is 4.69. The number of carboxylic acid groups (broad SMARTS) is 1. The molecule has 0 bridgehead atoms. The lowest BCUT2D eigenvalue weighted by Crippen LogP contribution is -2.23. The van der Waals surface area contributed by atoms with Crippen LogP contribution < -0.4 is 0 Å². The number of aromatic hydroxyl groups is 1. The van der Waals surface area contributed by atoms with Crippen molar-refractivity contribution < 1.29 is 15.0 Å². The van der Waals surface area contributed by atoms with Gasteiger partial charge < -0.3 is 10.2 Å². The van der Waals surface area contributed by atoms with Gasteiger partial charge in [-0.25, -0.2) is 4.68 Å². The summed E-state index contributed by atoms with van der Waals surface area (Å²) in [5.74, 6) is -0.986. The minimum absolute atomic E-state index is 0.168. The molecule has 0 spiro atoms. The molecule has 1 heterocycles. The van der Waals surface area contributed by atoms with Crippen molar-refractivity contribution in [2.45, 2.75) is 19.3 Å². The van der Waals surface area contributed by atoms with Gasteiger partial charge >= 0.3 is 5.97 Å². The fourth-order valence-corrected chi connectivity index (χ4v) is 2.43. The third kappa shape index (κ3) is 2.05. The molecule has 0 fully saturated rings. The number of phenolic OH excluding ortho intramolecular Hbond substituents is 1. The molecular formula is C13H13N3O3. The molecule has 6 nitrogen and oxygen atoms in total. The van der Waals surface area contributed by atoms with Crippen LogP contribution in [0.2, 0.25) is 0 Å². The molecule has 1 aliphatic rings. The predicted molar refractivity (Wildman–Crippen MR) is 66.2 cm³/mol. The summed E-state index contributed by atoms with van der Waals surface area (Å²) in [6.45, 7) is 0. The zero-order valence-electron chi connectivity index (χ0n) is 10.2. The molecule has 0 saturated heterocycles. The van der Waals surface area contributed by atoms with Crippen LogP contribution in [0, 0.1) is 5.92 Å². The highest BCUT2D eigenvalue weighted by Crippen LogP contribution is 2.26. The Bertz CT molecular complexity index is 636. The second-order valence-corrected chi connectivity index (χ2v) is 4.69. The summed E-state index contributed by atoms with van der Waals surface area (Å²) < 4.78 is 1.67. The Balaban J connectivity index is 1.97. The van der Waals surface area contributed by atoms with E-state index in [-0.39, 0.29) is 11.7 Å². The van der Waals surface area contributed by atoms with Crippen molar-refractivity contribution in [1.82, 2.24) is 15.0 Å². The molecule has 2 aromatic rings. The number of benzene rings is 1. The summed E-state index contributed by atoms with van der Waals surface area (Å²) >= 11 is 0. The van der Waals surface area contributed by atoms with Crippen molar-refractivity contribution >= 4 is 5.97 Å². The molecular weight excluding hydrogens is 246 g/mol. The average molecular weight is 259 g/mol. The van der Waals surface area contributed by atoms with E-state index in [4.69, 9.17) is 5.11 Å². The van der Waals surface area contributed by atoms with Gasteiger partial charge in [0.1, 0.15) is 5.75 Å². The maximum atomic E-state index is 11.0. The van der Waals surface area contributed by atoms with Crippen LogP contribution >= 0.6 is 0 Å². The smallest absolute Gasteiger partial charge is 0.306 e. The number of aliphatic carboxylic acids is 1. The van der Waals surface area contributed by atoms with E-state index in [9.17, 15) is 9.90 Å². The van der Waals surface area contributed by atoms with Gasteiger partial charge in [0, 0.05) is 12.5 Å². The van der Waals surface area contributed by atoms with Crippen LogP contribution in [0.1, 0.15) is 17.8 Å². The molecule has 1 unspecified atom stereocenters. The predicted octanol–water partition coefficient (Wildman–Crippen LogP) is 1.16. The molecule has 1 aliphatic carbocycles. The Labute approximate surface area is 109 Å². The lowest BCUT2D eigenvalue weighted by atomic mass is 9.90. The molecule has 1 atom stereocenters. The quantitative estimate of drug-likeness (QED) is 0.845. The van der Waals surface area contributed by atoms with Crippen molar-refractivity contribution in [3.63, 3.8) is 0 Å². The third-order valence-corrected chi connectivity index (χ3v) is 3.44. The Kier molecular flexibility index (Phi) is 2.70. The number of hydrogen-bond acceptors (Lipinski definition) is 4. The van der Waals surface area contributed by atoms with Gasteiger partial charge in [0.25, 0.3) is 0 Å². The van der Waals surface area contributed by atoms with Crippen LogP contribution in [0.5, 0.6) is 5.75 Å². The Hall–Kier alpha value is -2.37. The van der Waals surface area contributed by atoms with Gasteiger partial charge in [-0.15, -0.1) is 5.10 Å². The summed E-state index contributed by atoms with van der Waals surface area (Å²) in [5, 5.41) is 26.7. The molecule has 0 saturated carbocycles. The minimum atomic E-state index is -0.780. The molecule has 2 N–H and O–H groups in total. The van der Waals surface area contributed by atoms with Crippen LogP contribution in [0.4, 0.5) is 0 Å². The van der Waals surface area contributed by atoms with Crippen LogP contribution in [0.25, 0.3) is 5.69 Å². The molecule has 1 aromatic heterocycles. The first-order valence-corrected chi connectivity index (χ1v) is 6.11. The van der Waals surface area contributed by atoms with Crippen molar-refractivity contribution in [3.05, 3.63) is 35.7 Å². The van der Waals surface area contributed by atoms with Crippen LogP contribution in [0.15, 0.2) is 24.3 Å². The molecule has 0 aliphatic heterocycles. The number of hydrogen-bond donors (Lipinski definition) is 2. The maximum absolute atomic E-state index is 11.0. The standard InChI is InChI=1S/C13H13N3O3/c17-10-3-1-2-9(7-10)16-12-5-4-8(13(18)19)6-11(12)14-15-16/h1-3,7-8,17H,4-6H2,(H,18,19).